The van der Waals surface area contributed by atoms with E-state index < -0.39 is 0 Å². The molecule has 0 amide bonds. The van der Waals surface area contributed by atoms with Crippen LogP contribution in [0.3, 0.4) is 0 Å². The predicted molar refractivity (Wildman–Crippen MR) is 561 cm³/mol. The summed E-state index contributed by atoms with van der Waals surface area (Å²) in [6.07, 6.45) is 41.3. The third-order valence-electron chi connectivity index (χ3n) is 26.9. The van der Waals surface area contributed by atoms with Crippen LogP contribution in [0.4, 0.5) is 0 Å². The van der Waals surface area contributed by atoms with Crippen molar-refractivity contribution in [3.05, 3.63) is 296 Å². The Bertz CT molecular complexity index is 6040. The second-order valence-corrected chi connectivity index (χ2v) is 35.9. The molecule has 15 aromatic rings. The minimum atomic E-state index is 0.950. The maximum absolute atomic E-state index is 3.62. The molecule has 10 bridgehead atoms. The minimum Gasteiger partial charge on any atom is -0.0654 e. The number of benzene rings is 15. The predicted octanol–water partition coefficient (Wildman–Crippen LogP) is 33.1. The lowest BCUT2D eigenvalue weighted by Gasteiger charge is -2.14. The molecule has 0 fully saturated rings. The van der Waals surface area contributed by atoms with Gasteiger partial charge in [0.05, 0.1) is 0 Å². The highest BCUT2D eigenvalue weighted by atomic mass is 14.2. The minimum absolute atomic E-state index is 0.950. The first-order valence-corrected chi connectivity index (χ1v) is 49.4. The molecule has 0 N–H and O–H groups in total. The average molecular weight is 1680 g/mol. The lowest BCUT2D eigenvalue weighted by molar-refractivity contribution is 0.609. The summed E-state index contributed by atoms with van der Waals surface area (Å²) in [5, 5.41) is 23.5. The normalized spacial score (nSPS) is 11.6. The number of aryl methyl sites for hydroxylation is 5. The largest absolute Gasteiger partial charge is 0.0654 e. The van der Waals surface area contributed by atoms with Crippen LogP contribution in [0.15, 0.2) is 212 Å². The topological polar surface area (TPSA) is 0 Å². The molecule has 640 valence electrons. The molecule has 0 spiro atoms. The Morgan fingerprint density at radius 2 is 0.246 bits per heavy atom. The summed E-state index contributed by atoms with van der Waals surface area (Å²) in [6.45, 7) is 11.5. The van der Waals surface area contributed by atoms with E-state index in [9.17, 15) is 0 Å². The molecule has 1 aliphatic carbocycles. The molecule has 0 radical (unpaired) electrons. The van der Waals surface area contributed by atoms with Crippen molar-refractivity contribution in [2.75, 3.05) is 0 Å². The summed E-state index contributed by atoms with van der Waals surface area (Å²) in [4.78, 5) is 0. The first-order valence-electron chi connectivity index (χ1n) is 49.4. The van der Waals surface area contributed by atoms with E-state index in [1.54, 1.807) is 0 Å². The third-order valence-corrected chi connectivity index (χ3v) is 26.9. The van der Waals surface area contributed by atoms with E-state index >= 15 is 0 Å². The van der Waals surface area contributed by atoms with Crippen molar-refractivity contribution in [2.45, 2.75) is 259 Å². The summed E-state index contributed by atoms with van der Waals surface area (Å²) in [5.41, 5.74) is 16.2. The van der Waals surface area contributed by atoms with Gasteiger partial charge in [-0.15, -0.1) is 0 Å². The maximum Gasteiger partial charge on any atom is 0.0334 e. The quantitative estimate of drug-likeness (QED) is 0.0211. The molecule has 130 heavy (non-hydrogen) atoms. The van der Waals surface area contributed by atoms with Crippen molar-refractivity contribution in [1.82, 2.24) is 0 Å². The third kappa shape index (κ3) is 21.6. The number of rotatable bonds is 35. The van der Waals surface area contributed by atoms with Gasteiger partial charge >= 0.3 is 0 Å². The van der Waals surface area contributed by atoms with Gasteiger partial charge in [-0.05, 0) is 350 Å². The Kier molecular flexibility index (Phi) is 31.8. The Morgan fingerprint density at radius 3 is 0.369 bits per heavy atom. The lowest BCUT2D eigenvalue weighted by atomic mass is 9.89. The maximum atomic E-state index is 3.62. The van der Waals surface area contributed by atoms with Crippen LogP contribution >= 0.6 is 0 Å². The average Bonchev–Trinajstić information content (AvgIpc) is 0.779. The molecular formula is C130H120. The highest BCUT2D eigenvalue weighted by Gasteiger charge is 2.20. The smallest absolute Gasteiger partial charge is 0.0334 e. The van der Waals surface area contributed by atoms with Crippen LogP contribution < -0.4 is 0 Å². The SMILES string of the molecule is CCCCCCCCc1c2cccc3c2cc2c(cccc12)C#CC#Cc1cccc2c(CCCCCCCC)c4cccc(c4cc12)C#CC#Cc1cccc2c(CCCCCCCC)c4cccc(c4cc12)C#CC#Cc1cccc2c(CCCCCCCC)c4cccc(c4cc12)C#CC#Cc1cccc2c(CCCCCCCC)c4cccc(c4cc12)C#CC#C3. The van der Waals surface area contributed by atoms with E-state index in [0.717, 1.165) is 174 Å². The van der Waals surface area contributed by atoms with Gasteiger partial charge in [0.2, 0.25) is 0 Å². The summed E-state index contributed by atoms with van der Waals surface area (Å²) in [5.74, 6) is 70.3. The Labute approximate surface area is 775 Å². The van der Waals surface area contributed by atoms with Gasteiger partial charge in [0, 0.05) is 55.6 Å². The van der Waals surface area contributed by atoms with Crippen molar-refractivity contribution in [3.8, 4) is 118 Å². The van der Waals surface area contributed by atoms with Crippen LogP contribution in [0.5, 0.6) is 0 Å². The van der Waals surface area contributed by atoms with Gasteiger partial charge in [-0.1, -0.05) is 376 Å². The van der Waals surface area contributed by atoms with Crippen molar-refractivity contribution in [2.24, 2.45) is 0 Å². The van der Waals surface area contributed by atoms with Gasteiger partial charge in [-0.25, -0.2) is 0 Å². The van der Waals surface area contributed by atoms with E-state index in [0.29, 0.717) is 0 Å². The molecule has 1 aliphatic rings. The van der Waals surface area contributed by atoms with Gasteiger partial charge in [0.15, 0.2) is 0 Å². The molecule has 16 rings (SSSR count). The molecule has 0 heteroatoms. The fraction of sp³-hybridized carbons (Fsp3) is 0.308. The summed E-state index contributed by atoms with van der Waals surface area (Å²) < 4.78 is 0. The fourth-order valence-electron chi connectivity index (χ4n) is 20.1. The second-order valence-electron chi connectivity index (χ2n) is 35.9. The zero-order valence-corrected chi connectivity index (χ0v) is 77.5. The van der Waals surface area contributed by atoms with Gasteiger partial charge in [-0.2, -0.15) is 0 Å². The second kappa shape index (κ2) is 46.0. The molecule has 0 nitrogen and oxygen atoms in total. The number of hydrogen-bond acceptors (Lipinski definition) is 0. The van der Waals surface area contributed by atoms with Gasteiger partial charge in [0.25, 0.3) is 0 Å². The van der Waals surface area contributed by atoms with Crippen LogP contribution in [-0.4, -0.2) is 0 Å². The molecule has 0 saturated heterocycles. The Morgan fingerprint density at radius 1 is 0.131 bits per heavy atom. The van der Waals surface area contributed by atoms with Crippen molar-refractivity contribution < 1.29 is 0 Å². The van der Waals surface area contributed by atoms with Crippen molar-refractivity contribution in [3.63, 3.8) is 0 Å². The Hall–Kier alpha value is -13.5. The van der Waals surface area contributed by atoms with Gasteiger partial charge < -0.3 is 0 Å². The molecule has 0 aromatic heterocycles. The highest BCUT2D eigenvalue weighted by molar-refractivity contribution is 6.12. The van der Waals surface area contributed by atoms with Crippen molar-refractivity contribution >= 4 is 108 Å². The van der Waals surface area contributed by atoms with E-state index in [4.69, 9.17) is 0 Å². The highest BCUT2D eigenvalue weighted by Crippen LogP contribution is 2.41. The standard InChI is InChI=1S/C130H120/c1-6-11-16-21-26-31-76-106-111-81-46-66-96-56-36-38-58-98-68-48-83-113-107(77-32-27-22-17-12-7-2)115-85-50-70-100(125(115)92-123(98)113)60-40-42-62-102-72-52-87-117-109(79-34-29-24-19-14-9-4)119-89-54-74-104(129(119)94-127(102)117)64-44-45-65-105-75-55-90-120-110(80-35-30-25-20-15-10-5)118-88-53-73-103(128(118)95-130(105)120)63-43-41-61-101-71-51-86-116-108(78-33-28-23-18-13-8-3)114-84-49-69-99(124(114)93-126(101)116)59-39-37-57-97-67-47-82-112(106)122(97)91-121(96)111/h46-55,66-75,81-95H,6-35,76-80H2,1-5H3. The Balaban J connectivity index is 0.872. The van der Waals surface area contributed by atoms with Gasteiger partial charge in [-0.3, -0.25) is 0 Å². The van der Waals surface area contributed by atoms with Crippen LogP contribution in [0.1, 0.15) is 311 Å². The van der Waals surface area contributed by atoms with Crippen LogP contribution in [0, 0.1) is 118 Å². The van der Waals surface area contributed by atoms with Gasteiger partial charge in [0.1, 0.15) is 0 Å². The molecule has 0 atom stereocenters. The fourth-order valence-corrected chi connectivity index (χ4v) is 20.1. The number of hydrogen-bond donors (Lipinski definition) is 0. The van der Waals surface area contributed by atoms with E-state index in [2.05, 4.69) is 365 Å². The molecule has 0 heterocycles. The van der Waals surface area contributed by atoms with Crippen molar-refractivity contribution in [1.29, 1.82) is 0 Å². The van der Waals surface area contributed by atoms with Crippen LogP contribution in [0.25, 0.3) is 108 Å². The molecule has 0 unspecified atom stereocenters. The molecule has 15 aromatic carbocycles. The number of unbranched alkanes of at least 4 members (excludes halogenated alkanes) is 25. The van der Waals surface area contributed by atoms with E-state index in [-0.39, 0.29) is 0 Å². The van der Waals surface area contributed by atoms with Crippen LogP contribution in [-0.2, 0) is 32.1 Å². The zero-order chi connectivity index (χ0) is 88.8. The molecular weight excluding hydrogens is 1560 g/mol. The first-order chi connectivity index (χ1) is 64.4. The monoisotopic (exact) mass is 1680 g/mol. The molecule has 0 saturated carbocycles. The first kappa shape index (κ1) is 89.9. The molecule has 0 aliphatic heterocycles. The summed E-state index contributed by atoms with van der Waals surface area (Å²) >= 11 is 0. The summed E-state index contributed by atoms with van der Waals surface area (Å²) in [6, 6.07) is 78.0. The van der Waals surface area contributed by atoms with E-state index in [1.807, 2.05) is 0 Å². The summed E-state index contributed by atoms with van der Waals surface area (Å²) in [7, 11) is 0. The van der Waals surface area contributed by atoms with Crippen LogP contribution in [0.2, 0.25) is 0 Å². The zero-order valence-electron chi connectivity index (χ0n) is 77.5. The lowest BCUT2D eigenvalue weighted by Crippen LogP contribution is -1.95. The van der Waals surface area contributed by atoms with E-state index in [1.165, 1.54) is 242 Å².